The van der Waals surface area contributed by atoms with E-state index in [0.717, 1.165) is 11.8 Å². The fourth-order valence-electron chi connectivity index (χ4n) is 1.60. The number of nitrogens with one attached hydrogen (secondary N) is 2. The van der Waals surface area contributed by atoms with E-state index in [-0.39, 0.29) is 23.2 Å². The van der Waals surface area contributed by atoms with Crippen molar-refractivity contribution in [3.05, 3.63) is 35.6 Å². The molecule has 0 saturated carbocycles. The minimum atomic E-state index is -0.569. The van der Waals surface area contributed by atoms with Gasteiger partial charge < -0.3 is 9.47 Å². The Morgan fingerprint density at radius 2 is 1.91 bits per heavy atom. The molecule has 0 heterocycles. The predicted molar refractivity (Wildman–Crippen MR) is 89.6 cm³/mol. The van der Waals surface area contributed by atoms with Gasteiger partial charge in [-0.3, -0.25) is 15.6 Å². The zero-order valence-corrected chi connectivity index (χ0v) is 14.3. The molecule has 2 N–H and O–H groups in total. The molecule has 0 saturated heterocycles. The standard InChI is InChI=1S/C16H21FN2O3S/c1-16(2,3)22-13(20)9-6-10-23-15(19)21-14(18)11-7-4-5-8-12(11)17/h4-5,7-8,18-19H,6,9-10H2,1-3H3. The van der Waals surface area contributed by atoms with Crippen molar-refractivity contribution in [1.29, 1.82) is 10.8 Å². The molecule has 126 valence electrons. The van der Waals surface area contributed by atoms with Crippen LogP contribution in [0.25, 0.3) is 0 Å². The third-order valence-electron chi connectivity index (χ3n) is 2.49. The van der Waals surface area contributed by atoms with Crippen molar-refractivity contribution in [2.24, 2.45) is 0 Å². The van der Waals surface area contributed by atoms with E-state index in [1.165, 1.54) is 18.2 Å². The van der Waals surface area contributed by atoms with Crippen LogP contribution in [-0.2, 0) is 14.3 Å². The van der Waals surface area contributed by atoms with Crippen molar-refractivity contribution in [2.75, 3.05) is 5.75 Å². The number of halogens is 1. The Balaban J connectivity index is 2.29. The maximum atomic E-state index is 13.5. The molecule has 5 nitrogen and oxygen atoms in total. The molecule has 0 amide bonds. The van der Waals surface area contributed by atoms with Crippen molar-refractivity contribution in [3.8, 4) is 0 Å². The Bertz CT molecular complexity index is 585. The lowest BCUT2D eigenvalue weighted by Crippen LogP contribution is -2.23. The van der Waals surface area contributed by atoms with Crippen LogP contribution in [0, 0.1) is 16.6 Å². The molecule has 0 radical (unpaired) electrons. The second kappa shape index (κ2) is 8.67. The lowest BCUT2D eigenvalue weighted by Gasteiger charge is -2.19. The fourth-order valence-corrected chi connectivity index (χ4v) is 2.21. The number of rotatable bonds is 5. The number of carbonyl (C=O) groups excluding carboxylic acids is 1. The fraction of sp³-hybridized carbons (Fsp3) is 0.438. The van der Waals surface area contributed by atoms with Gasteiger partial charge in [0.25, 0.3) is 0 Å². The Hall–Kier alpha value is -1.89. The van der Waals surface area contributed by atoms with Crippen molar-refractivity contribution in [1.82, 2.24) is 0 Å². The Morgan fingerprint density at radius 3 is 2.52 bits per heavy atom. The quantitative estimate of drug-likeness (QED) is 0.368. The average molecular weight is 340 g/mol. The van der Waals surface area contributed by atoms with Gasteiger partial charge in [0.1, 0.15) is 11.4 Å². The highest BCUT2D eigenvalue weighted by atomic mass is 32.2. The third kappa shape index (κ3) is 7.78. The molecule has 0 aromatic heterocycles. The van der Waals surface area contributed by atoms with Crippen LogP contribution >= 0.6 is 11.8 Å². The Labute approximate surface area is 139 Å². The van der Waals surface area contributed by atoms with Crippen molar-refractivity contribution in [3.63, 3.8) is 0 Å². The predicted octanol–water partition coefficient (Wildman–Crippen LogP) is 3.96. The number of carbonyl (C=O) groups is 1. The first-order chi connectivity index (χ1) is 10.7. The number of esters is 1. The molecule has 0 bridgehead atoms. The molecule has 0 aliphatic carbocycles. The van der Waals surface area contributed by atoms with Gasteiger partial charge in [-0.15, -0.1) is 0 Å². The van der Waals surface area contributed by atoms with Crippen LogP contribution in [0.15, 0.2) is 24.3 Å². The minimum absolute atomic E-state index is 0.00612. The summed E-state index contributed by atoms with van der Waals surface area (Å²) in [6.45, 7) is 5.41. The van der Waals surface area contributed by atoms with Crippen molar-refractivity contribution < 1.29 is 18.7 Å². The number of benzene rings is 1. The van der Waals surface area contributed by atoms with Gasteiger partial charge in [0.05, 0.1) is 5.56 Å². The van der Waals surface area contributed by atoms with E-state index in [1.807, 2.05) is 0 Å². The second-order valence-corrected chi connectivity index (χ2v) is 6.80. The van der Waals surface area contributed by atoms with Gasteiger partial charge in [-0.25, -0.2) is 4.39 Å². The highest BCUT2D eigenvalue weighted by Crippen LogP contribution is 2.14. The summed E-state index contributed by atoms with van der Waals surface area (Å²) in [5.74, 6) is -0.791. The molecule has 0 unspecified atom stereocenters. The van der Waals surface area contributed by atoms with Crippen LogP contribution in [0.1, 0.15) is 39.2 Å². The van der Waals surface area contributed by atoms with E-state index in [0.29, 0.717) is 12.2 Å². The Morgan fingerprint density at radius 1 is 1.26 bits per heavy atom. The van der Waals surface area contributed by atoms with E-state index in [1.54, 1.807) is 26.8 Å². The van der Waals surface area contributed by atoms with Crippen molar-refractivity contribution in [2.45, 2.75) is 39.2 Å². The summed E-state index contributed by atoms with van der Waals surface area (Å²) in [5.41, 5.74) is -0.499. The normalized spacial score (nSPS) is 11.0. The molecular formula is C16H21FN2O3S. The molecule has 0 atom stereocenters. The molecule has 1 aromatic carbocycles. The maximum Gasteiger partial charge on any atom is 0.306 e. The first-order valence-corrected chi connectivity index (χ1v) is 8.12. The van der Waals surface area contributed by atoms with Gasteiger partial charge in [-0.05, 0) is 39.3 Å². The first kappa shape index (κ1) is 19.2. The van der Waals surface area contributed by atoms with Crippen LogP contribution in [-0.4, -0.2) is 28.5 Å². The van der Waals surface area contributed by atoms with Gasteiger partial charge in [0, 0.05) is 12.2 Å². The summed E-state index contributed by atoms with van der Waals surface area (Å²) in [4.78, 5) is 11.5. The molecule has 1 rings (SSSR count). The van der Waals surface area contributed by atoms with Gasteiger partial charge in [0.2, 0.25) is 11.1 Å². The molecule has 7 heteroatoms. The second-order valence-electron chi connectivity index (χ2n) is 5.74. The highest BCUT2D eigenvalue weighted by molar-refractivity contribution is 8.13. The molecule has 0 fully saturated rings. The SMILES string of the molecule is CC(C)(C)OC(=O)CCCSC(=N)OC(=N)c1ccccc1F. The van der Waals surface area contributed by atoms with Crippen LogP contribution in [0.5, 0.6) is 0 Å². The minimum Gasteiger partial charge on any atom is -0.460 e. The van der Waals surface area contributed by atoms with Gasteiger partial charge >= 0.3 is 5.97 Å². The largest absolute Gasteiger partial charge is 0.460 e. The number of ether oxygens (including phenoxy) is 2. The zero-order valence-electron chi connectivity index (χ0n) is 13.4. The summed E-state index contributed by atoms with van der Waals surface area (Å²) in [7, 11) is 0. The van der Waals surface area contributed by atoms with Crippen LogP contribution in [0.4, 0.5) is 4.39 Å². The van der Waals surface area contributed by atoms with Gasteiger partial charge in [0.15, 0.2) is 0 Å². The van der Waals surface area contributed by atoms with Gasteiger partial charge in [-0.2, -0.15) is 0 Å². The molecule has 0 aliphatic heterocycles. The van der Waals surface area contributed by atoms with E-state index < -0.39 is 17.3 Å². The van der Waals surface area contributed by atoms with E-state index >= 15 is 0 Å². The maximum absolute atomic E-state index is 13.5. The van der Waals surface area contributed by atoms with E-state index in [4.69, 9.17) is 20.3 Å². The lowest BCUT2D eigenvalue weighted by molar-refractivity contribution is -0.154. The lowest BCUT2D eigenvalue weighted by atomic mass is 10.2. The van der Waals surface area contributed by atoms with Gasteiger partial charge in [-0.1, -0.05) is 23.9 Å². The summed E-state index contributed by atoms with van der Waals surface area (Å²) in [5, 5.41) is 15.1. The van der Waals surface area contributed by atoms with Crippen molar-refractivity contribution >= 4 is 28.9 Å². The summed E-state index contributed by atoms with van der Waals surface area (Å²) in [6.07, 6.45) is 0.778. The summed E-state index contributed by atoms with van der Waals surface area (Å²) in [6, 6.07) is 5.75. The number of thioether (sulfide) groups is 1. The molecular weight excluding hydrogens is 319 g/mol. The third-order valence-corrected chi connectivity index (χ3v) is 3.33. The van der Waals surface area contributed by atoms with E-state index in [9.17, 15) is 9.18 Å². The highest BCUT2D eigenvalue weighted by Gasteiger charge is 2.16. The topological polar surface area (TPSA) is 83.2 Å². The first-order valence-electron chi connectivity index (χ1n) is 7.13. The molecule has 0 spiro atoms. The number of hydrogen-bond acceptors (Lipinski definition) is 6. The zero-order chi connectivity index (χ0) is 17.5. The Kier molecular flexibility index (Phi) is 7.22. The van der Waals surface area contributed by atoms with E-state index in [2.05, 4.69) is 0 Å². The molecule has 0 aliphatic rings. The molecule has 1 aromatic rings. The average Bonchev–Trinajstić information content (AvgIpc) is 2.42. The van der Waals surface area contributed by atoms with Crippen LogP contribution < -0.4 is 0 Å². The van der Waals surface area contributed by atoms with Crippen LogP contribution in [0.3, 0.4) is 0 Å². The summed E-state index contributed by atoms with van der Waals surface area (Å²) >= 11 is 1.06. The smallest absolute Gasteiger partial charge is 0.306 e. The van der Waals surface area contributed by atoms with Crippen LogP contribution in [0.2, 0.25) is 0 Å². The number of hydrogen-bond donors (Lipinski definition) is 2. The summed E-state index contributed by atoms with van der Waals surface area (Å²) < 4.78 is 23.6. The monoisotopic (exact) mass is 340 g/mol. The molecule has 23 heavy (non-hydrogen) atoms.